The molecule has 1 aliphatic rings. The minimum atomic E-state index is -1.12. The lowest BCUT2D eigenvalue weighted by Gasteiger charge is -2.29. The van der Waals surface area contributed by atoms with Crippen LogP contribution in [-0.4, -0.2) is 0 Å². The first-order valence-electron chi connectivity index (χ1n) is 9.44. The van der Waals surface area contributed by atoms with Crippen LogP contribution in [-0.2, 0) is 0 Å². The highest BCUT2D eigenvalue weighted by molar-refractivity contribution is 5.65. The first kappa shape index (κ1) is 18.9. The molecule has 2 aromatic rings. The lowest BCUT2D eigenvalue weighted by Crippen LogP contribution is -2.14. The summed E-state index contributed by atoms with van der Waals surface area (Å²) in [7, 11) is 0. The van der Waals surface area contributed by atoms with Crippen LogP contribution in [0.15, 0.2) is 30.3 Å². The van der Waals surface area contributed by atoms with Crippen LogP contribution in [0.3, 0.4) is 0 Å². The summed E-state index contributed by atoms with van der Waals surface area (Å²) < 4.78 is 55.6. The van der Waals surface area contributed by atoms with Gasteiger partial charge in [-0.2, -0.15) is 0 Å². The third-order valence-corrected chi connectivity index (χ3v) is 5.56. The van der Waals surface area contributed by atoms with Crippen molar-refractivity contribution in [1.82, 2.24) is 0 Å². The van der Waals surface area contributed by atoms with Crippen LogP contribution in [0.2, 0.25) is 0 Å². The minimum absolute atomic E-state index is 0.00808. The molecule has 0 bridgehead atoms. The Hall–Kier alpha value is -1.84. The zero-order valence-corrected chi connectivity index (χ0v) is 15.0. The average molecular weight is 364 g/mol. The van der Waals surface area contributed by atoms with Crippen molar-refractivity contribution in [2.24, 2.45) is 5.92 Å². The van der Waals surface area contributed by atoms with E-state index >= 15 is 0 Å². The molecule has 3 rings (SSSR count). The number of hydrogen-bond donors (Lipinski definition) is 0. The monoisotopic (exact) mass is 364 g/mol. The molecule has 1 fully saturated rings. The Morgan fingerprint density at radius 2 is 1.46 bits per heavy atom. The van der Waals surface area contributed by atoms with Gasteiger partial charge in [0, 0.05) is 0 Å². The van der Waals surface area contributed by atoms with Crippen molar-refractivity contribution in [1.29, 1.82) is 0 Å². The SMILES string of the molecule is CCCCC1CCC(c2cc(F)c(-c3ccc(F)c(F)c3)c(F)c2)CC1. The molecule has 26 heavy (non-hydrogen) atoms. The fourth-order valence-electron chi connectivity index (χ4n) is 4.03. The van der Waals surface area contributed by atoms with E-state index in [1.807, 2.05) is 0 Å². The molecular formula is C22H24F4. The molecule has 4 heteroatoms. The Morgan fingerprint density at radius 3 is 2.04 bits per heavy atom. The first-order chi connectivity index (χ1) is 12.5. The lowest BCUT2D eigenvalue weighted by molar-refractivity contribution is 0.303. The van der Waals surface area contributed by atoms with Crippen LogP contribution in [0.5, 0.6) is 0 Å². The highest BCUT2D eigenvalue weighted by atomic mass is 19.2. The van der Waals surface area contributed by atoms with Gasteiger partial charge >= 0.3 is 0 Å². The Balaban J connectivity index is 1.78. The summed E-state index contributed by atoms with van der Waals surface area (Å²) in [6.07, 6.45) is 7.75. The van der Waals surface area contributed by atoms with E-state index in [9.17, 15) is 17.6 Å². The van der Waals surface area contributed by atoms with Crippen molar-refractivity contribution in [3.63, 3.8) is 0 Å². The molecule has 0 aliphatic heterocycles. The predicted octanol–water partition coefficient (Wildman–Crippen LogP) is 7.37. The molecule has 140 valence electrons. The molecule has 0 N–H and O–H groups in total. The molecule has 1 aliphatic carbocycles. The standard InChI is InChI=1S/C22H24F4/c1-2-3-4-14-5-7-15(8-6-14)17-12-20(25)22(21(26)13-17)16-9-10-18(23)19(24)11-16/h9-15H,2-8H2,1H3. The van der Waals surface area contributed by atoms with Gasteiger partial charge in [-0.1, -0.05) is 32.3 Å². The van der Waals surface area contributed by atoms with Gasteiger partial charge in [0.05, 0.1) is 5.56 Å². The van der Waals surface area contributed by atoms with Crippen molar-refractivity contribution < 1.29 is 17.6 Å². The Kier molecular flexibility index (Phi) is 6.00. The van der Waals surface area contributed by atoms with Gasteiger partial charge < -0.3 is 0 Å². The second-order valence-corrected chi connectivity index (χ2v) is 7.35. The van der Waals surface area contributed by atoms with E-state index < -0.39 is 23.3 Å². The van der Waals surface area contributed by atoms with Crippen LogP contribution in [0.1, 0.15) is 63.4 Å². The third-order valence-electron chi connectivity index (χ3n) is 5.56. The Morgan fingerprint density at radius 1 is 0.808 bits per heavy atom. The van der Waals surface area contributed by atoms with Gasteiger partial charge in [0.2, 0.25) is 0 Å². The minimum Gasteiger partial charge on any atom is -0.206 e. The van der Waals surface area contributed by atoms with Gasteiger partial charge in [0.25, 0.3) is 0 Å². The summed E-state index contributed by atoms with van der Waals surface area (Å²) in [5, 5.41) is 0. The predicted molar refractivity (Wildman–Crippen MR) is 95.9 cm³/mol. The van der Waals surface area contributed by atoms with E-state index in [2.05, 4.69) is 6.92 Å². The smallest absolute Gasteiger partial charge is 0.159 e. The Bertz CT molecular complexity index is 738. The lowest BCUT2D eigenvalue weighted by atomic mass is 9.77. The van der Waals surface area contributed by atoms with E-state index in [4.69, 9.17) is 0 Å². The van der Waals surface area contributed by atoms with Crippen LogP contribution in [0.25, 0.3) is 11.1 Å². The number of hydrogen-bond acceptors (Lipinski definition) is 0. The van der Waals surface area contributed by atoms with Crippen molar-refractivity contribution in [3.8, 4) is 11.1 Å². The Labute approximate surface area is 152 Å². The summed E-state index contributed by atoms with van der Waals surface area (Å²) in [4.78, 5) is 0. The van der Waals surface area contributed by atoms with Gasteiger partial charge in [-0.3, -0.25) is 0 Å². The zero-order valence-electron chi connectivity index (χ0n) is 15.0. The second kappa shape index (κ2) is 8.24. The molecule has 0 nitrogen and oxygen atoms in total. The summed E-state index contributed by atoms with van der Waals surface area (Å²) in [5.41, 5.74) is 0.373. The van der Waals surface area contributed by atoms with E-state index in [1.54, 1.807) is 0 Å². The molecule has 0 amide bonds. The molecule has 0 aromatic heterocycles. The van der Waals surface area contributed by atoms with E-state index in [0.29, 0.717) is 5.56 Å². The number of unbranched alkanes of at least 4 members (excludes halogenated alkanes) is 1. The molecule has 0 unspecified atom stereocenters. The summed E-state index contributed by atoms with van der Waals surface area (Å²) >= 11 is 0. The average Bonchev–Trinajstić information content (AvgIpc) is 2.62. The quantitative estimate of drug-likeness (QED) is 0.486. The van der Waals surface area contributed by atoms with Gasteiger partial charge in [-0.15, -0.1) is 0 Å². The fraction of sp³-hybridized carbons (Fsp3) is 0.455. The molecule has 0 saturated heterocycles. The number of halogens is 4. The third kappa shape index (κ3) is 4.11. The maximum Gasteiger partial charge on any atom is 0.159 e. The van der Waals surface area contributed by atoms with Crippen molar-refractivity contribution in [3.05, 3.63) is 59.2 Å². The fourth-order valence-corrected chi connectivity index (χ4v) is 4.03. The molecule has 0 radical (unpaired) electrons. The van der Waals surface area contributed by atoms with Crippen molar-refractivity contribution in [2.75, 3.05) is 0 Å². The molecule has 0 spiro atoms. The highest BCUT2D eigenvalue weighted by Crippen LogP contribution is 2.39. The van der Waals surface area contributed by atoms with E-state index in [0.717, 1.165) is 43.7 Å². The van der Waals surface area contributed by atoms with Gasteiger partial charge in [-0.25, -0.2) is 17.6 Å². The second-order valence-electron chi connectivity index (χ2n) is 7.35. The molecule has 0 atom stereocenters. The van der Waals surface area contributed by atoms with E-state index in [1.165, 1.54) is 37.5 Å². The largest absolute Gasteiger partial charge is 0.206 e. The van der Waals surface area contributed by atoms with Crippen LogP contribution >= 0.6 is 0 Å². The topological polar surface area (TPSA) is 0 Å². The molecule has 2 aromatic carbocycles. The highest BCUT2D eigenvalue weighted by Gasteiger charge is 2.24. The normalized spacial score (nSPS) is 20.3. The van der Waals surface area contributed by atoms with E-state index in [-0.39, 0.29) is 17.0 Å². The molecular weight excluding hydrogens is 340 g/mol. The summed E-state index contributed by atoms with van der Waals surface area (Å²) in [6, 6.07) is 5.62. The zero-order chi connectivity index (χ0) is 18.7. The number of rotatable bonds is 5. The van der Waals surface area contributed by atoms with Gasteiger partial charge in [0.1, 0.15) is 11.6 Å². The summed E-state index contributed by atoms with van der Waals surface area (Å²) in [5.74, 6) is -2.71. The van der Waals surface area contributed by atoms with Crippen LogP contribution in [0.4, 0.5) is 17.6 Å². The van der Waals surface area contributed by atoms with Crippen LogP contribution < -0.4 is 0 Å². The molecule has 1 saturated carbocycles. The summed E-state index contributed by atoms with van der Waals surface area (Å²) in [6.45, 7) is 2.19. The van der Waals surface area contributed by atoms with Crippen molar-refractivity contribution >= 4 is 0 Å². The van der Waals surface area contributed by atoms with Gasteiger partial charge in [-0.05, 0) is 72.9 Å². The number of benzene rings is 2. The van der Waals surface area contributed by atoms with Gasteiger partial charge in [0.15, 0.2) is 11.6 Å². The maximum absolute atomic E-state index is 14.6. The first-order valence-corrected chi connectivity index (χ1v) is 9.44. The molecule has 0 heterocycles. The maximum atomic E-state index is 14.6. The van der Waals surface area contributed by atoms with Crippen LogP contribution in [0, 0.1) is 29.2 Å². The van der Waals surface area contributed by atoms with Crippen molar-refractivity contribution in [2.45, 2.75) is 57.8 Å².